The number of nitrogens with zero attached hydrogens (tertiary/aromatic N) is 1. The molecule has 0 radical (unpaired) electrons. The molecule has 238 valence electrons. The number of Topliss-reactive ketones (excluding diaryl/α,β-unsaturated/α-hetero) is 1. The van der Waals surface area contributed by atoms with Gasteiger partial charge in [-0.2, -0.15) is 0 Å². The second-order valence-corrected chi connectivity index (χ2v) is 11.5. The van der Waals surface area contributed by atoms with Gasteiger partial charge in [0, 0.05) is 26.1 Å². The maximum Gasteiger partial charge on any atom is 0.243 e. The van der Waals surface area contributed by atoms with Crippen molar-refractivity contribution in [2.24, 2.45) is 5.73 Å². The van der Waals surface area contributed by atoms with E-state index < -0.39 is 35.5 Å². The van der Waals surface area contributed by atoms with E-state index in [1.807, 2.05) is 29.2 Å². The number of benzene rings is 2. The smallest absolute Gasteiger partial charge is 0.243 e. The van der Waals surface area contributed by atoms with Gasteiger partial charge in [0.15, 0.2) is 5.78 Å². The van der Waals surface area contributed by atoms with Gasteiger partial charge in [0.05, 0.1) is 39.5 Å². The Morgan fingerprint density at radius 3 is 2.00 bits per heavy atom. The third kappa shape index (κ3) is 9.33. The number of epoxide rings is 1. The minimum Gasteiger partial charge on any atom is -0.497 e. The van der Waals surface area contributed by atoms with Crippen LogP contribution >= 0.6 is 0 Å². The molecule has 2 aliphatic rings. The van der Waals surface area contributed by atoms with Crippen LogP contribution in [-0.4, -0.2) is 98.7 Å². The minimum absolute atomic E-state index is 0.146. The fourth-order valence-electron chi connectivity index (χ4n) is 4.97. The van der Waals surface area contributed by atoms with Gasteiger partial charge in [-0.3, -0.25) is 24.1 Å². The third-order valence-electron chi connectivity index (χ3n) is 7.90. The number of methoxy groups -OCH3 is 1. The number of carbonyl (C=O) groups is 4. The lowest BCUT2D eigenvalue weighted by molar-refractivity contribution is -0.134. The molecule has 2 heterocycles. The highest BCUT2D eigenvalue weighted by Gasteiger charge is 2.50. The van der Waals surface area contributed by atoms with Gasteiger partial charge in [0.2, 0.25) is 17.7 Å². The second-order valence-electron chi connectivity index (χ2n) is 11.5. The average molecular weight is 610 g/mol. The summed E-state index contributed by atoms with van der Waals surface area (Å²) in [6.45, 7) is 6.47. The van der Waals surface area contributed by atoms with Crippen molar-refractivity contribution in [3.05, 3.63) is 65.2 Å². The van der Waals surface area contributed by atoms with Gasteiger partial charge in [0.25, 0.3) is 0 Å². The summed E-state index contributed by atoms with van der Waals surface area (Å²) in [5.74, 6) is -0.935. The zero-order valence-corrected chi connectivity index (χ0v) is 25.6. The van der Waals surface area contributed by atoms with Gasteiger partial charge < -0.3 is 35.9 Å². The first-order valence-corrected chi connectivity index (χ1v) is 14.9. The number of nitrogens with two attached hydrogens (primary N) is 1. The topological polar surface area (TPSA) is 165 Å². The molecule has 0 spiro atoms. The van der Waals surface area contributed by atoms with Crippen molar-refractivity contribution in [3.63, 3.8) is 0 Å². The van der Waals surface area contributed by atoms with Gasteiger partial charge in [-0.15, -0.1) is 0 Å². The van der Waals surface area contributed by atoms with Crippen molar-refractivity contribution < 1.29 is 33.4 Å². The zero-order chi connectivity index (χ0) is 31.7. The highest BCUT2D eigenvalue weighted by Crippen LogP contribution is 2.29. The van der Waals surface area contributed by atoms with Crippen LogP contribution in [0.4, 0.5) is 0 Å². The Hall–Kier alpha value is -3.84. The van der Waals surface area contributed by atoms with Gasteiger partial charge >= 0.3 is 0 Å². The molecule has 2 aromatic carbocycles. The third-order valence-corrected chi connectivity index (χ3v) is 7.90. The van der Waals surface area contributed by atoms with Crippen LogP contribution in [0.2, 0.25) is 0 Å². The van der Waals surface area contributed by atoms with Crippen LogP contribution in [-0.2, 0) is 48.0 Å². The number of amides is 3. The van der Waals surface area contributed by atoms with Crippen LogP contribution in [0.15, 0.2) is 48.5 Å². The molecule has 0 bridgehead atoms. The van der Waals surface area contributed by atoms with Gasteiger partial charge in [0.1, 0.15) is 23.4 Å². The van der Waals surface area contributed by atoms with Gasteiger partial charge in [-0.1, -0.05) is 36.4 Å². The largest absolute Gasteiger partial charge is 0.497 e. The highest BCUT2D eigenvalue weighted by molar-refractivity contribution is 5.98. The SMILES string of the molecule is COc1ccc(C[C@H](NC(=O)[C@H](C)NC(=O)CN2CCOCC2)C(=O)N[C@@H](Cc2ccc(CN)cc2)C(=O)[C@@]2(C)CO2)cc1. The standard InChI is InChI=1S/C32H43N5O7/c1-21(34-28(38)19-37-12-14-43-15-13-37)30(40)36-27(17-23-8-10-25(42-3)11-9-23)31(41)35-26(29(39)32(2)20-44-32)16-22-4-6-24(18-33)7-5-22/h4-11,21,26-27H,12-20,33H2,1-3H3,(H,34,38)(H,35,41)(H,36,40)/t21-,26-,27-,32+/m0/s1. The van der Waals surface area contributed by atoms with Crippen molar-refractivity contribution in [2.75, 3.05) is 46.6 Å². The van der Waals surface area contributed by atoms with E-state index in [-0.39, 0.29) is 37.7 Å². The highest BCUT2D eigenvalue weighted by atomic mass is 16.6. The number of nitrogens with one attached hydrogen (secondary N) is 3. The summed E-state index contributed by atoms with van der Waals surface area (Å²) in [5.41, 5.74) is 7.32. The molecule has 2 aromatic rings. The number of hydrogen-bond donors (Lipinski definition) is 4. The molecule has 4 rings (SSSR count). The monoisotopic (exact) mass is 609 g/mol. The van der Waals surface area contributed by atoms with Gasteiger partial charge in [-0.05, 0) is 49.1 Å². The van der Waals surface area contributed by atoms with E-state index in [2.05, 4.69) is 16.0 Å². The van der Waals surface area contributed by atoms with Crippen molar-refractivity contribution in [1.82, 2.24) is 20.9 Å². The number of ketones is 1. The quantitative estimate of drug-likeness (QED) is 0.205. The van der Waals surface area contributed by atoms with E-state index in [1.54, 1.807) is 45.2 Å². The Morgan fingerprint density at radius 1 is 0.886 bits per heavy atom. The lowest BCUT2D eigenvalue weighted by Crippen LogP contribution is -2.57. The van der Waals surface area contributed by atoms with Crippen LogP contribution < -0.4 is 26.4 Å². The van der Waals surface area contributed by atoms with Gasteiger partial charge in [-0.25, -0.2) is 0 Å². The van der Waals surface area contributed by atoms with Crippen molar-refractivity contribution in [3.8, 4) is 5.75 Å². The van der Waals surface area contributed by atoms with E-state index in [0.717, 1.165) is 16.7 Å². The van der Waals surface area contributed by atoms with Crippen LogP contribution in [0.25, 0.3) is 0 Å². The van der Waals surface area contributed by atoms with Crippen molar-refractivity contribution in [1.29, 1.82) is 0 Å². The molecule has 3 amide bonds. The van der Waals surface area contributed by atoms with Crippen LogP contribution in [0.1, 0.15) is 30.5 Å². The van der Waals surface area contributed by atoms with E-state index in [0.29, 0.717) is 38.6 Å². The summed E-state index contributed by atoms with van der Waals surface area (Å²) < 4.78 is 16.0. The number of morpholine rings is 1. The zero-order valence-electron chi connectivity index (χ0n) is 25.6. The molecule has 0 saturated carbocycles. The number of ether oxygens (including phenoxy) is 3. The fourth-order valence-corrected chi connectivity index (χ4v) is 4.97. The summed E-state index contributed by atoms with van der Waals surface area (Å²) in [6.07, 6.45) is 0.390. The molecule has 12 nitrogen and oxygen atoms in total. The molecule has 4 atom stereocenters. The summed E-state index contributed by atoms with van der Waals surface area (Å²) in [6, 6.07) is 11.9. The van der Waals surface area contributed by atoms with Crippen LogP contribution in [0.3, 0.4) is 0 Å². The normalized spacial score (nSPS) is 20.1. The molecule has 2 saturated heterocycles. The van der Waals surface area contributed by atoms with E-state index in [1.165, 1.54) is 0 Å². The minimum atomic E-state index is -1.03. The fraction of sp³-hybridized carbons (Fsp3) is 0.500. The average Bonchev–Trinajstić information content (AvgIpc) is 3.79. The maximum atomic E-state index is 13.8. The molecule has 2 fully saturated rings. The Bertz CT molecular complexity index is 1290. The summed E-state index contributed by atoms with van der Waals surface area (Å²) in [5, 5.41) is 8.40. The Labute approximate surface area is 258 Å². The number of hydrogen-bond acceptors (Lipinski definition) is 9. The first kappa shape index (κ1) is 33.1. The summed E-state index contributed by atoms with van der Waals surface area (Å²) >= 11 is 0. The molecule has 12 heteroatoms. The number of carbonyl (C=O) groups excluding carboxylic acids is 4. The first-order chi connectivity index (χ1) is 21.1. The molecule has 2 aliphatic heterocycles. The second kappa shape index (κ2) is 15.2. The van der Waals surface area contributed by atoms with E-state index in [4.69, 9.17) is 19.9 Å². The first-order valence-electron chi connectivity index (χ1n) is 14.9. The Kier molecular flexibility index (Phi) is 11.5. The molecule has 0 unspecified atom stereocenters. The molecule has 0 aliphatic carbocycles. The predicted octanol–water partition coefficient (Wildman–Crippen LogP) is 0.104. The van der Waals surface area contributed by atoms with Crippen LogP contribution in [0.5, 0.6) is 5.75 Å². The summed E-state index contributed by atoms with van der Waals surface area (Å²) in [7, 11) is 1.56. The molecular formula is C32H43N5O7. The number of rotatable bonds is 15. The van der Waals surface area contributed by atoms with Crippen molar-refractivity contribution >= 4 is 23.5 Å². The molecule has 44 heavy (non-hydrogen) atoms. The Balaban J connectivity index is 1.47. The molecule has 0 aromatic heterocycles. The van der Waals surface area contributed by atoms with E-state index in [9.17, 15) is 19.2 Å². The predicted molar refractivity (Wildman–Crippen MR) is 163 cm³/mol. The molecular weight excluding hydrogens is 566 g/mol. The Morgan fingerprint density at radius 2 is 1.43 bits per heavy atom. The van der Waals surface area contributed by atoms with Crippen LogP contribution in [0, 0.1) is 0 Å². The summed E-state index contributed by atoms with van der Waals surface area (Å²) in [4.78, 5) is 55.1. The van der Waals surface area contributed by atoms with Crippen molar-refractivity contribution in [2.45, 2.75) is 57.0 Å². The lowest BCUT2D eigenvalue weighted by Gasteiger charge is -2.27. The van der Waals surface area contributed by atoms with E-state index >= 15 is 0 Å². The lowest BCUT2D eigenvalue weighted by atomic mass is 9.94. The maximum absolute atomic E-state index is 13.8. The molecule has 5 N–H and O–H groups in total.